The first-order valence-corrected chi connectivity index (χ1v) is 12.6. The number of ether oxygens (including phenoxy) is 2. The summed E-state index contributed by atoms with van der Waals surface area (Å²) < 4.78 is 11.5. The molecule has 2 N–H and O–H groups in total. The van der Waals surface area contributed by atoms with Crippen LogP contribution in [0.5, 0.6) is 5.75 Å². The third kappa shape index (κ3) is 4.29. The van der Waals surface area contributed by atoms with Crippen molar-refractivity contribution < 1.29 is 19.1 Å². The Hall–Kier alpha value is -3.54. The minimum absolute atomic E-state index is 0.0435. The van der Waals surface area contributed by atoms with E-state index in [9.17, 15) is 9.59 Å². The van der Waals surface area contributed by atoms with E-state index in [0.717, 1.165) is 39.9 Å². The lowest BCUT2D eigenvalue weighted by Gasteiger charge is -2.45. The highest BCUT2D eigenvalue weighted by molar-refractivity contribution is 5.97. The van der Waals surface area contributed by atoms with E-state index in [4.69, 9.17) is 9.47 Å². The Morgan fingerprint density at radius 2 is 1.78 bits per heavy atom. The van der Waals surface area contributed by atoms with Crippen molar-refractivity contribution in [1.29, 1.82) is 0 Å². The maximum Gasteiger partial charge on any atom is 0.336 e. The number of benzene rings is 2. The van der Waals surface area contributed by atoms with Crippen LogP contribution in [0.25, 0.3) is 10.9 Å². The summed E-state index contributed by atoms with van der Waals surface area (Å²) in [5.74, 6) is -0.134. The van der Waals surface area contributed by atoms with E-state index in [1.54, 1.807) is 7.11 Å². The number of aromatic amines is 1. The number of allylic oxidation sites excluding steroid dienone is 1. The highest BCUT2D eigenvalue weighted by atomic mass is 16.6. The van der Waals surface area contributed by atoms with Crippen molar-refractivity contribution in [3.63, 3.8) is 0 Å². The van der Waals surface area contributed by atoms with E-state index in [1.165, 1.54) is 0 Å². The molecular formula is C30H34N2O4. The Morgan fingerprint density at radius 1 is 1.03 bits per heavy atom. The fourth-order valence-corrected chi connectivity index (χ4v) is 6.06. The average Bonchev–Trinajstić information content (AvgIpc) is 3.31. The van der Waals surface area contributed by atoms with Gasteiger partial charge in [0.05, 0.1) is 12.7 Å². The molecule has 0 radical (unpaired) electrons. The third-order valence-corrected chi connectivity index (χ3v) is 7.43. The van der Waals surface area contributed by atoms with Gasteiger partial charge < -0.3 is 19.8 Å². The Labute approximate surface area is 212 Å². The summed E-state index contributed by atoms with van der Waals surface area (Å²) in [4.78, 5) is 30.8. The Kier molecular flexibility index (Phi) is 6.15. The van der Waals surface area contributed by atoms with Crippen molar-refractivity contribution in [2.24, 2.45) is 5.92 Å². The molecule has 0 spiro atoms. The number of carbonyl (C=O) groups is 2. The lowest BCUT2D eigenvalue weighted by Crippen LogP contribution is -2.52. The number of methoxy groups -OCH3 is 1. The molecule has 2 aliphatic rings. The van der Waals surface area contributed by atoms with Crippen molar-refractivity contribution in [2.75, 3.05) is 7.11 Å². The van der Waals surface area contributed by atoms with Crippen LogP contribution < -0.4 is 10.1 Å². The van der Waals surface area contributed by atoms with Gasteiger partial charge in [-0.2, -0.15) is 0 Å². The molecule has 1 aliphatic carbocycles. The molecule has 6 nitrogen and oxygen atoms in total. The number of esters is 1. The third-order valence-electron chi connectivity index (χ3n) is 7.43. The van der Waals surface area contributed by atoms with E-state index in [1.807, 2.05) is 82.4 Å². The average molecular weight is 487 g/mol. The monoisotopic (exact) mass is 486 g/mol. The van der Waals surface area contributed by atoms with Gasteiger partial charge in [-0.25, -0.2) is 4.79 Å². The summed E-state index contributed by atoms with van der Waals surface area (Å²) in [6.45, 7) is 7.53. The van der Waals surface area contributed by atoms with Crippen LogP contribution in [-0.2, 0) is 14.3 Å². The summed E-state index contributed by atoms with van der Waals surface area (Å²) in [5, 5.41) is 4.58. The van der Waals surface area contributed by atoms with Gasteiger partial charge >= 0.3 is 5.97 Å². The number of fused-ring (bicyclic) bond motifs is 2. The van der Waals surface area contributed by atoms with E-state index < -0.39 is 11.5 Å². The molecule has 3 unspecified atom stereocenters. The molecule has 0 saturated heterocycles. The van der Waals surface area contributed by atoms with Gasteiger partial charge in [0.15, 0.2) is 0 Å². The zero-order valence-electron chi connectivity index (χ0n) is 21.6. The zero-order valence-corrected chi connectivity index (χ0v) is 21.6. The number of nitrogens with one attached hydrogen (secondary N) is 2. The van der Waals surface area contributed by atoms with Gasteiger partial charge in [-0.3, -0.25) is 4.79 Å². The number of aromatic nitrogens is 1. The van der Waals surface area contributed by atoms with Crippen LogP contribution in [0.15, 0.2) is 66.0 Å². The fraction of sp³-hybridized carbons (Fsp3) is 0.400. The van der Waals surface area contributed by atoms with Gasteiger partial charge in [0.25, 0.3) is 0 Å². The highest BCUT2D eigenvalue weighted by Crippen LogP contribution is 2.49. The van der Waals surface area contributed by atoms with Gasteiger partial charge in [-0.1, -0.05) is 30.3 Å². The molecule has 1 fully saturated rings. The molecule has 6 heteroatoms. The Bertz CT molecular complexity index is 1350. The highest BCUT2D eigenvalue weighted by Gasteiger charge is 2.49. The minimum atomic E-state index is -0.641. The van der Waals surface area contributed by atoms with Gasteiger partial charge in [-0.05, 0) is 69.4 Å². The van der Waals surface area contributed by atoms with E-state index >= 15 is 0 Å². The SMILES string of the molecule is COc1ccccc1[C@H]1CC(=O)C2C(C1)NC(C)=C(C(=O)OC(C)(C)C)C2c1cccc2[nH]ccc12. The van der Waals surface area contributed by atoms with Crippen LogP contribution in [0.4, 0.5) is 0 Å². The summed E-state index contributed by atoms with van der Waals surface area (Å²) in [5.41, 5.74) is 3.70. The molecule has 5 rings (SSSR count). The number of carbonyl (C=O) groups excluding carboxylic acids is 2. The van der Waals surface area contributed by atoms with Gasteiger partial charge in [0.1, 0.15) is 17.1 Å². The normalized spacial score (nSPS) is 24.3. The Balaban J connectivity index is 1.61. The number of rotatable bonds is 4. The van der Waals surface area contributed by atoms with E-state index in [2.05, 4.69) is 10.3 Å². The molecule has 36 heavy (non-hydrogen) atoms. The molecule has 1 saturated carbocycles. The van der Waals surface area contributed by atoms with Crippen LogP contribution in [0.3, 0.4) is 0 Å². The Morgan fingerprint density at radius 3 is 2.53 bits per heavy atom. The number of H-pyrrole nitrogens is 1. The molecule has 2 aromatic carbocycles. The fourth-order valence-electron chi connectivity index (χ4n) is 6.06. The molecule has 4 atom stereocenters. The maximum absolute atomic E-state index is 14.0. The lowest BCUT2D eigenvalue weighted by atomic mass is 9.64. The predicted molar refractivity (Wildman–Crippen MR) is 140 cm³/mol. The first-order valence-electron chi connectivity index (χ1n) is 12.6. The first kappa shape index (κ1) is 24.2. The van der Waals surface area contributed by atoms with Gasteiger partial charge in [-0.15, -0.1) is 0 Å². The quantitative estimate of drug-likeness (QED) is 0.469. The number of hydrogen-bond acceptors (Lipinski definition) is 5. The molecule has 188 valence electrons. The number of hydrogen-bond donors (Lipinski definition) is 2. The van der Waals surface area contributed by atoms with E-state index in [-0.39, 0.29) is 29.6 Å². The number of para-hydroxylation sites is 1. The molecule has 0 bridgehead atoms. The lowest BCUT2D eigenvalue weighted by molar-refractivity contribution is -0.150. The first-order chi connectivity index (χ1) is 17.2. The van der Waals surface area contributed by atoms with Crippen LogP contribution >= 0.6 is 0 Å². The largest absolute Gasteiger partial charge is 0.496 e. The number of ketones is 1. The molecule has 2 heterocycles. The second-order valence-corrected chi connectivity index (χ2v) is 10.9. The summed E-state index contributed by atoms with van der Waals surface area (Å²) >= 11 is 0. The van der Waals surface area contributed by atoms with Crippen molar-refractivity contribution in [2.45, 2.75) is 64.0 Å². The number of Topliss-reactive ketones (excluding diaryl/α,β-unsaturated/α-hetero) is 1. The van der Waals surface area contributed by atoms with Crippen LogP contribution in [-0.4, -0.2) is 35.5 Å². The van der Waals surface area contributed by atoms with Crippen molar-refractivity contribution >= 4 is 22.7 Å². The maximum atomic E-state index is 14.0. The molecular weight excluding hydrogens is 452 g/mol. The standard InChI is InChI=1S/C30H34N2O4/c1-17-26(29(34)36-30(2,3)4)27(21-10-8-11-22-20(21)13-14-31-22)28-23(32-17)15-18(16-24(28)33)19-9-6-7-12-25(19)35-5/h6-14,18,23,27-28,31-32H,15-16H2,1-5H3/t18-,23?,27?,28?/m1/s1. The molecule has 3 aromatic rings. The van der Waals surface area contributed by atoms with Crippen molar-refractivity contribution in [1.82, 2.24) is 10.3 Å². The molecule has 1 aromatic heterocycles. The summed E-state index contributed by atoms with van der Waals surface area (Å²) in [6.07, 6.45) is 3.08. The summed E-state index contributed by atoms with van der Waals surface area (Å²) in [7, 11) is 1.67. The smallest absolute Gasteiger partial charge is 0.336 e. The molecule has 1 aliphatic heterocycles. The van der Waals surface area contributed by atoms with Crippen LogP contribution in [0, 0.1) is 5.92 Å². The summed E-state index contributed by atoms with van der Waals surface area (Å²) in [6, 6.07) is 15.9. The van der Waals surface area contributed by atoms with Crippen LogP contribution in [0.1, 0.15) is 63.5 Å². The van der Waals surface area contributed by atoms with Crippen molar-refractivity contribution in [3.8, 4) is 5.75 Å². The van der Waals surface area contributed by atoms with Crippen LogP contribution in [0.2, 0.25) is 0 Å². The van der Waals surface area contributed by atoms with Crippen molar-refractivity contribution in [3.05, 3.63) is 77.1 Å². The van der Waals surface area contributed by atoms with E-state index in [0.29, 0.717) is 12.0 Å². The second-order valence-electron chi connectivity index (χ2n) is 10.9. The predicted octanol–water partition coefficient (Wildman–Crippen LogP) is 5.61. The second kappa shape index (κ2) is 9.16. The molecule has 0 amide bonds. The zero-order chi connectivity index (χ0) is 25.6. The topological polar surface area (TPSA) is 80.4 Å². The van der Waals surface area contributed by atoms with Gasteiger partial charge in [0.2, 0.25) is 0 Å². The van der Waals surface area contributed by atoms with Gasteiger partial charge in [0, 0.05) is 47.1 Å². The minimum Gasteiger partial charge on any atom is -0.496 e.